The number of hydrogen-bond acceptors (Lipinski definition) is 5. The molecule has 0 amide bonds. The van der Waals surface area contributed by atoms with Gasteiger partial charge in [0.15, 0.2) is 0 Å². The topological polar surface area (TPSA) is 37.4 Å². The molecule has 1 aromatic heterocycles. The molecule has 5 nitrogen and oxygen atoms in total. The summed E-state index contributed by atoms with van der Waals surface area (Å²) in [5.41, 5.74) is 0.966. The second-order valence-electron chi connectivity index (χ2n) is 8.82. The van der Waals surface area contributed by atoms with E-state index in [4.69, 9.17) is 16.6 Å². The smallest absolute Gasteiger partial charge is 0.288 e. The van der Waals surface area contributed by atoms with Crippen molar-refractivity contribution in [2.75, 3.05) is 32.7 Å². The number of piperazine rings is 1. The fourth-order valence-corrected chi connectivity index (χ4v) is 4.44. The minimum absolute atomic E-state index is 0.451. The summed E-state index contributed by atoms with van der Waals surface area (Å²) in [4.78, 5) is 5.48. The van der Waals surface area contributed by atoms with Crippen LogP contribution in [0.4, 0.5) is 0 Å². The molecule has 3 rings (SSSR count). The lowest BCUT2D eigenvalue weighted by molar-refractivity contribution is 0.100. The third kappa shape index (κ3) is 8.51. The van der Waals surface area contributed by atoms with Gasteiger partial charge in [-0.05, 0) is 37.3 Å². The minimum Gasteiger partial charge on any atom is -0.409 e. The third-order valence-corrected chi connectivity index (χ3v) is 6.55. The van der Waals surface area contributed by atoms with Crippen molar-refractivity contribution in [1.29, 1.82) is 0 Å². The number of rotatable bonds is 14. The van der Waals surface area contributed by atoms with Crippen molar-refractivity contribution in [2.45, 2.75) is 77.8 Å². The first-order valence-electron chi connectivity index (χ1n) is 12.3. The average Bonchev–Trinajstić information content (AvgIpc) is 3.17. The molecule has 1 saturated heterocycles. The van der Waals surface area contributed by atoms with Gasteiger partial charge in [-0.15, -0.1) is 5.10 Å². The summed E-state index contributed by atoms with van der Waals surface area (Å²) in [6, 6.07) is 9.96. The molecule has 2 aromatic rings. The highest BCUT2D eigenvalue weighted by atomic mass is 32.1. The Morgan fingerprint density at radius 2 is 1.39 bits per heavy atom. The van der Waals surface area contributed by atoms with Crippen LogP contribution in [0.3, 0.4) is 0 Å². The number of benzene rings is 1. The molecular weight excluding hydrogens is 404 g/mol. The van der Waals surface area contributed by atoms with E-state index >= 15 is 0 Å². The molecule has 1 aliphatic heterocycles. The Bertz CT molecular complexity index is 780. The van der Waals surface area contributed by atoms with E-state index in [1.54, 1.807) is 0 Å². The van der Waals surface area contributed by atoms with Crippen LogP contribution in [0.5, 0.6) is 0 Å². The van der Waals surface area contributed by atoms with Crippen molar-refractivity contribution in [3.05, 3.63) is 35.2 Å². The van der Waals surface area contributed by atoms with Crippen LogP contribution < -0.4 is 0 Å². The van der Waals surface area contributed by atoms with Crippen LogP contribution in [0.25, 0.3) is 11.5 Å². The Hall–Kier alpha value is -1.50. The molecule has 0 aliphatic carbocycles. The summed E-state index contributed by atoms with van der Waals surface area (Å²) in [5.74, 6) is 0.602. The maximum absolute atomic E-state index is 5.71. The van der Waals surface area contributed by atoms with Crippen LogP contribution in [0.15, 0.2) is 34.7 Å². The van der Waals surface area contributed by atoms with Crippen molar-refractivity contribution >= 4 is 12.2 Å². The van der Waals surface area contributed by atoms with Gasteiger partial charge in [0.1, 0.15) is 0 Å². The highest BCUT2D eigenvalue weighted by Crippen LogP contribution is 2.17. The van der Waals surface area contributed by atoms with Gasteiger partial charge in [0.2, 0.25) is 5.89 Å². The van der Waals surface area contributed by atoms with Gasteiger partial charge in [0.05, 0.1) is 6.67 Å². The summed E-state index contributed by atoms with van der Waals surface area (Å²) in [5, 5.41) is 4.59. The van der Waals surface area contributed by atoms with Gasteiger partial charge < -0.3 is 9.32 Å². The van der Waals surface area contributed by atoms with Crippen molar-refractivity contribution in [2.24, 2.45) is 0 Å². The standard InChI is InChI=1S/C25H40N4OS/c1-2-3-4-5-6-7-8-9-10-14-17-27-18-20-28(21-19-27)22-29-25(31)30-24(26-29)23-15-12-11-13-16-23/h11-13,15-16H,2-10,14,17-22H2,1H3. The van der Waals surface area contributed by atoms with Gasteiger partial charge >= 0.3 is 0 Å². The second-order valence-corrected chi connectivity index (χ2v) is 9.17. The largest absolute Gasteiger partial charge is 0.409 e. The summed E-state index contributed by atoms with van der Waals surface area (Å²) >= 11 is 5.39. The molecule has 0 unspecified atom stereocenters. The van der Waals surface area contributed by atoms with E-state index in [9.17, 15) is 0 Å². The Kier molecular flexibility index (Phi) is 10.8. The van der Waals surface area contributed by atoms with Gasteiger partial charge in [-0.25, -0.2) is 4.68 Å². The molecular formula is C25H40N4OS. The minimum atomic E-state index is 0.451. The summed E-state index contributed by atoms with van der Waals surface area (Å²) < 4.78 is 7.53. The molecule has 172 valence electrons. The monoisotopic (exact) mass is 444 g/mol. The normalized spacial score (nSPS) is 15.5. The lowest BCUT2D eigenvalue weighted by Crippen LogP contribution is -2.47. The molecule has 1 fully saturated rings. The first kappa shape index (κ1) is 24.1. The molecule has 0 bridgehead atoms. The first-order valence-corrected chi connectivity index (χ1v) is 12.7. The zero-order valence-corrected chi connectivity index (χ0v) is 20.1. The van der Waals surface area contributed by atoms with E-state index in [2.05, 4.69) is 21.8 Å². The van der Waals surface area contributed by atoms with E-state index in [0.717, 1.165) is 31.7 Å². The second kappa shape index (κ2) is 13.8. The number of hydrogen-bond donors (Lipinski definition) is 0. The molecule has 0 N–H and O–H groups in total. The molecule has 31 heavy (non-hydrogen) atoms. The Morgan fingerprint density at radius 1 is 0.806 bits per heavy atom. The highest BCUT2D eigenvalue weighted by molar-refractivity contribution is 7.71. The Balaban J connectivity index is 1.27. The molecule has 2 heterocycles. The van der Waals surface area contributed by atoms with Crippen molar-refractivity contribution in [3.8, 4) is 11.5 Å². The molecule has 0 atom stereocenters. The molecule has 1 aromatic carbocycles. The van der Waals surface area contributed by atoms with Gasteiger partial charge in [-0.1, -0.05) is 82.9 Å². The summed E-state index contributed by atoms with van der Waals surface area (Å²) in [6.45, 7) is 8.63. The first-order chi connectivity index (χ1) is 15.3. The van der Waals surface area contributed by atoms with Crippen molar-refractivity contribution in [1.82, 2.24) is 19.6 Å². The quantitative estimate of drug-likeness (QED) is 0.250. The van der Waals surface area contributed by atoms with Gasteiger partial charge in [0.25, 0.3) is 4.84 Å². The fraction of sp³-hybridized carbons (Fsp3) is 0.680. The Labute approximate surface area is 193 Å². The average molecular weight is 445 g/mol. The maximum Gasteiger partial charge on any atom is 0.288 e. The van der Waals surface area contributed by atoms with Gasteiger partial charge in [-0.3, -0.25) is 4.90 Å². The highest BCUT2D eigenvalue weighted by Gasteiger charge is 2.18. The lowest BCUT2D eigenvalue weighted by atomic mass is 10.1. The summed E-state index contributed by atoms with van der Waals surface area (Å²) in [7, 11) is 0. The predicted molar refractivity (Wildman–Crippen MR) is 131 cm³/mol. The molecule has 6 heteroatoms. The van der Waals surface area contributed by atoms with E-state index < -0.39 is 0 Å². The van der Waals surface area contributed by atoms with Crippen LogP contribution >= 0.6 is 12.2 Å². The molecule has 1 aliphatic rings. The number of nitrogens with zero attached hydrogens (tertiary/aromatic N) is 4. The van der Waals surface area contributed by atoms with Crippen LogP contribution in [0.1, 0.15) is 71.1 Å². The number of unbranched alkanes of at least 4 members (excludes halogenated alkanes) is 9. The van der Waals surface area contributed by atoms with E-state index in [1.165, 1.54) is 70.8 Å². The van der Waals surface area contributed by atoms with E-state index in [1.807, 2.05) is 35.0 Å². The van der Waals surface area contributed by atoms with Crippen molar-refractivity contribution < 1.29 is 4.42 Å². The Morgan fingerprint density at radius 3 is 2.03 bits per heavy atom. The predicted octanol–water partition coefficient (Wildman–Crippen LogP) is 6.37. The molecule has 0 radical (unpaired) electrons. The van der Waals surface area contributed by atoms with Crippen LogP contribution in [-0.2, 0) is 6.67 Å². The van der Waals surface area contributed by atoms with E-state index in [-0.39, 0.29) is 0 Å². The van der Waals surface area contributed by atoms with E-state index in [0.29, 0.717) is 17.4 Å². The number of aromatic nitrogens is 2. The zero-order valence-electron chi connectivity index (χ0n) is 19.3. The molecule has 0 saturated carbocycles. The van der Waals surface area contributed by atoms with Crippen LogP contribution in [0.2, 0.25) is 0 Å². The van der Waals surface area contributed by atoms with Crippen LogP contribution in [-0.4, -0.2) is 52.3 Å². The van der Waals surface area contributed by atoms with Crippen LogP contribution in [0, 0.1) is 4.84 Å². The van der Waals surface area contributed by atoms with Crippen molar-refractivity contribution in [3.63, 3.8) is 0 Å². The SMILES string of the molecule is CCCCCCCCCCCCN1CCN(Cn2nc(-c3ccccc3)oc2=S)CC1. The van der Waals surface area contributed by atoms with Gasteiger partial charge in [0, 0.05) is 31.7 Å². The third-order valence-electron chi connectivity index (χ3n) is 6.25. The molecule has 0 spiro atoms. The van der Waals surface area contributed by atoms with Gasteiger partial charge in [-0.2, -0.15) is 0 Å². The lowest BCUT2D eigenvalue weighted by Gasteiger charge is -2.34. The fourth-order valence-electron chi connectivity index (χ4n) is 4.26. The maximum atomic E-state index is 5.71. The summed E-state index contributed by atoms with van der Waals surface area (Å²) in [6.07, 6.45) is 14.0. The zero-order chi connectivity index (χ0) is 21.7.